The molecule has 0 atom stereocenters. The highest BCUT2D eigenvalue weighted by molar-refractivity contribution is 7.92. The van der Waals surface area contributed by atoms with Gasteiger partial charge in [0.15, 0.2) is 0 Å². The molecule has 0 radical (unpaired) electrons. The molecule has 1 N–H and O–H groups in total. The van der Waals surface area contributed by atoms with Crippen molar-refractivity contribution in [2.75, 3.05) is 4.72 Å². The van der Waals surface area contributed by atoms with Crippen molar-refractivity contribution in [1.29, 1.82) is 0 Å². The topological polar surface area (TPSA) is 75.6 Å². The van der Waals surface area contributed by atoms with Crippen LogP contribution >= 0.6 is 0 Å². The fraction of sp³-hybridized carbons (Fsp3) is 0. The number of sulfonamides is 1. The third-order valence-electron chi connectivity index (χ3n) is 2.26. The average molecular weight is 262 g/mol. The number of nitrogens with one attached hydrogen (secondary N) is 1. The van der Waals surface area contributed by atoms with Gasteiger partial charge in [0.05, 0.1) is 10.6 Å². The second-order valence-electron chi connectivity index (χ2n) is 3.56. The van der Waals surface area contributed by atoms with Crippen molar-refractivity contribution < 1.29 is 8.42 Å². The predicted molar refractivity (Wildman–Crippen MR) is 69.1 cm³/mol. The van der Waals surface area contributed by atoms with Gasteiger partial charge in [0.25, 0.3) is 10.0 Å². The Bertz CT molecular complexity index is 654. The minimum atomic E-state index is -3.63. The summed E-state index contributed by atoms with van der Waals surface area (Å²) in [7, 11) is -3.63. The van der Waals surface area contributed by atoms with E-state index in [1.54, 1.807) is 30.3 Å². The first-order valence-corrected chi connectivity index (χ1v) is 6.61. The summed E-state index contributed by atoms with van der Waals surface area (Å²) in [4.78, 5) is 10.5. The number of rotatable bonds is 4. The molecular formula is C12H10N2O3S. The van der Waals surface area contributed by atoms with Crippen molar-refractivity contribution in [3.05, 3.63) is 59.5 Å². The first-order valence-electron chi connectivity index (χ1n) is 5.13. The molecule has 0 unspecified atom stereocenters. The molecule has 0 aromatic heterocycles. The Morgan fingerprint density at radius 3 is 2.33 bits per heavy atom. The summed E-state index contributed by atoms with van der Waals surface area (Å²) < 4.78 is 26.3. The van der Waals surface area contributed by atoms with Crippen molar-refractivity contribution in [3.8, 4) is 0 Å². The summed E-state index contributed by atoms with van der Waals surface area (Å²) in [6.07, 6.45) is 0. The first kappa shape index (κ1) is 12.3. The van der Waals surface area contributed by atoms with E-state index in [-0.39, 0.29) is 10.6 Å². The van der Waals surface area contributed by atoms with Crippen LogP contribution in [0.15, 0.2) is 64.7 Å². The van der Waals surface area contributed by atoms with Gasteiger partial charge in [0.1, 0.15) is 5.69 Å². The third kappa shape index (κ3) is 2.72. The van der Waals surface area contributed by atoms with Gasteiger partial charge in [-0.05, 0) is 35.5 Å². The van der Waals surface area contributed by atoms with Crippen LogP contribution < -0.4 is 4.72 Å². The van der Waals surface area contributed by atoms with E-state index in [9.17, 15) is 13.3 Å². The second kappa shape index (κ2) is 4.97. The van der Waals surface area contributed by atoms with Crippen LogP contribution in [-0.2, 0) is 10.0 Å². The summed E-state index contributed by atoms with van der Waals surface area (Å²) in [5, 5.41) is 2.75. The van der Waals surface area contributed by atoms with Crippen molar-refractivity contribution in [3.63, 3.8) is 0 Å². The standard InChI is InChI=1S/C12H10N2O3S/c15-13-10-5-4-6-11(9-10)14-18(16,17)12-7-2-1-3-8-12/h1-9,14H. The molecule has 2 rings (SSSR count). The largest absolute Gasteiger partial charge is 0.280 e. The molecule has 0 fully saturated rings. The normalized spacial score (nSPS) is 10.9. The Hall–Kier alpha value is -2.21. The van der Waals surface area contributed by atoms with Crippen LogP contribution in [-0.4, -0.2) is 8.42 Å². The van der Waals surface area contributed by atoms with Crippen LogP contribution in [0.4, 0.5) is 11.4 Å². The Labute approximate surface area is 104 Å². The zero-order valence-corrected chi connectivity index (χ0v) is 10.1. The molecule has 2 aromatic carbocycles. The molecular weight excluding hydrogens is 252 g/mol. The average Bonchev–Trinajstić information content (AvgIpc) is 2.39. The molecule has 5 nitrogen and oxygen atoms in total. The molecule has 0 saturated carbocycles. The smallest absolute Gasteiger partial charge is 0.261 e. The number of nitrogens with zero attached hydrogens (tertiary/aromatic N) is 1. The second-order valence-corrected chi connectivity index (χ2v) is 5.24. The minimum absolute atomic E-state index is 0.162. The Morgan fingerprint density at radius 1 is 0.944 bits per heavy atom. The molecule has 0 aliphatic heterocycles. The summed E-state index contributed by atoms with van der Waals surface area (Å²) in [6, 6.07) is 14.0. The number of benzene rings is 2. The Balaban J connectivity index is 2.31. The highest BCUT2D eigenvalue weighted by atomic mass is 32.2. The highest BCUT2D eigenvalue weighted by Crippen LogP contribution is 2.20. The highest BCUT2D eigenvalue weighted by Gasteiger charge is 2.13. The van der Waals surface area contributed by atoms with Crippen molar-refractivity contribution in [1.82, 2.24) is 0 Å². The van der Waals surface area contributed by atoms with Gasteiger partial charge in [0, 0.05) is 0 Å². The van der Waals surface area contributed by atoms with Gasteiger partial charge in [0.2, 0.25) is 0 Å². The summed E-state index contributed by atoms with van der Waals surface area (Å²) >= 11 is 0. The lowest BCUT2D eigenvalue weighted by Crippen LogP contribution is -2.12. The van der Waals surface area contributed by atoms with E-state index in [1.165, 1.54) is 24.3 Å². The molecule has 6 heteroatoms. The van der Waals surface area contributed by atoms with E-state index >= 15 is 0 Å². The lowest BCUT2D eigenvalue weighted by Gasteiger charge is -2.07. The monoisotopic (exact) mass is 262 g/mol. The Morgan fingerprint density at radius 2 is 1.67 bits per heavy atom. The third-order valence-corrected chi connectivity index (χ3v) is 3.65. The summed E-state index contributed by atoms with van der Waals surface area (Å²) in [5.74, 6) is 0. The molecule has 0 aliphatic rings. The molecule has 18 heavy (non-hydrogen) atoms. The minimum Gasteiger partial charge on any atom is -0.280 e. The van der Waals surface area contributed by atoms with E-state index in [4.69, 9.17) is 0 Å². The van der Waals surface area contributed by atoms with E-state index < -0.39 is 10.0 Å². The van der Waals surface area contributed by atoms with Crippen LogP contribution in [0, 0.1) is 4.91 Å². The maximum Gasteiger partial charge on any atom is 0.261 e. The lowest BCUT2D eigenvalue weighted by atomic mass is 10.3. The maximum absolute atomic E-state index is 12.0. The zero-order valence-electron chi connectivity index (χ0n) is 9.28. The van der Waals surface area contributed by atoms with Gasteiger partial charge in [-0.25, -0.2) is 8.42 Å². The van der Waals surface area contributed by atoms with E-state index in [2.05, 4.69) is 9.90 Å². The van der Waals surface area contributed by atoms with Crippen LogP contribution in [0.2, 0.25) is 0 Å². The quantitative estimate of drug-likeness (QED) is 0.861. The van der Waals surface area contributed by atoms with Gasteiger partial charge in [-0.1, -0.05) is 24.3 Å². The van der Waals surface area contributed by atoms with Crippen molar-refractivity contribution >= 4 is 21.4 Å². The van der Waals surface area contributed by atoms with Crippen LogP contribution in [0.3, 0.4) is 0 Å². The van der Waals surface area contributed by atoms with Crippen LogP contribution in [0.25, 0.3) is 0 Å². The molecule has 0 amide bonds. The molecule has 2 aromatic rings. The first-order chi connectivity index (χ1) is 8.62. The number of hydrogen-bond donors (Lipinski definition) is 1. The van der Waals surface area contributed by atoms with Crippen molar-refractivity contribution in [2.45, 2.75) is 4.90 Å². The molecule has 0 spiro atoms. The number of hydrogen-bond acceptors (Lipinski definition) is 4. The van der Waals surface area contributed by atoms with Crippen LogP contribution in [0.5, 0.6) is 0 Å². The summed E-state index contributed by atoms with van der Waals surface area (Å²) in [5.41, 5.74) is 0.471. The van der Waals surface area contributed by atoms with Gasteiger partial charge >= 0.3 is 0 Å². The molecule has 92 valence electrons. The van der Waals surface area contributed by atoms with E-state index in [0.29, 0.717) is 5.69 Å². The Kier molecular flexibility index (Phi) is 3.38. The van der Waals surface area contributed by atoms with Crippen LogP contribution in [0.1, 0.15) is 0 Å². The van der Waals surface area contributed by atoms with Gasteiger partial charge in [-0.2, -0.15) is 0 Å². The SMILES string of the molecule is O=Nc1cccc(NS(=O)(=O)c2ccccc2)c1. The van der Waals surface area contributed by atoms with Gasteiger partial charge in [-0.15, -0.1) is 4.91 Å². The zero-order chi connectivity index (χ0) is 13.0. The fourth-order valence-corrected chi connectivity index (χ4v) is 2.51. The number of nitroso groups, excluding NO2 is 1. The lowest BCUT2D eigenvalue weighted by molar-refractivity contribution is 0.601. The molecule has 0 heterocycles. The van der Waals surface area contributed by atoms with Gasteiger partial charge in [-0.3, -0.25) is 4.72 Å². The van der Waals surface area contributed by atoms with Crippen molar-refractivity contribution in [2.24, 2.45) is 5.18 Å². The van der Waals surface area contributed by atoms with Gasteiger partial charge < -0.3 is 0 Å². The summed E-state index contributed by atoms with van der Waals surface area (Å²) in [6.45, 7) is 0. The molecule has 0 saturated heterocycles. The molecule has 0 aliphatic carbocycles. The number of anilines is 1. The fourth-order valence-electron chi connectivity index (χ4n) is 1.44. The predicted octanol–water partition coefficient (Wildman–Crippen LogP) is 2.89. The maximum atomic E-state index is 12.0. The molecule has 0 bridgehead atoms. The van der Waals surface area contributed by atoms with E-state index in [0.717, 1.165) is 0 Å². The van der Waals surface area contributed by atoms with E-state index in [1.807, 2.05) is 0 Å².